The molecule has 28 heavy (non-hydrogen) atoms. The van der Waals surface area contributed by atoms with Crippen LogP contribution in [0.4, 0.5) is 5.69 Å². The molecular weight excluding hydrogens is 372 g/mol. The smallest absolute Gasteiger partial charge is 0.247 e. The second-order valence-electron chi connectivity index (χ2n) is 6.21. The summed E-state index contributed by atoms with van der Waals surface area (Å²) < 4.78 is 6.29. The molecule has 0 saturated carbocycles. The van der Waals surface area contributed by atoms with E-state index in [9.17, 15) is 0 Å². The summed E-state index contributed by atoms with van der Waals surface area (Å²) in [7, 11) is 0. The van der Waals surface area contributed by atoms with Crippen LogP contribution in [0.3, 0.4) is 0 Å². The molecule has 2 N–H and O–H groups in total. The van der Waals surface area contributed by atoms with Crippen molar-refractivity contribution in [1.29, 1.82) is 0 Å². The molecular formula is C20H16N6OS. The number of nitrogens with zero attached hydrogens (tertiary/aromatic N) is 4. The quantitative estimate of drug-likeness (QED) is 0.510. The lowest BCUT2D eigenvalue weighted by molar-refractivity contribution is 0.226. The number of hydrogen-bond donors (Lipinski definition) is 2. The van der Waals surface area contributed by atoms with Gasteiger partial charge in [0.05, 0.1) is 17.5 Å². The van der Waals surface area contributed by atoms with E-state index < -0.39 is 6.23 Å². The van der Waals surface area contributed by atoms with Gasteiger partial charge in [-0.2, -0.15) is 10.1 Å². The van der Waals surface area contributed by atoms with Gasteiger partial charge in [0.2, 0.25) is 17.3 Å². The molecule has 8 heteroatoms. The van der Waals surface area contributed by atoms with E-state index in [0.29, 0.717) is 16.7 Å². The van der Waals surface area contributed by atoms with E-state index in [0.717, 1.165) is 28.1 Å². The predicted octanol–water partition coefficient (Wildman–Crippen LogP) is 4.15. The molecule has 138 valence electrons. The largest absolute Gasteiger partial charge is 0.448 e. The molecule has 4 aromatic rings. The van der Waals surface area contributed by atoms with Gasteiger partial charge in [-0.15, -0.1) is 10.2 Å². The molecule has 0 fully saturated rings. The number of thioether (sulfide) groups is 1. The first-order valence-corrected chi connectivity index (χ1v) is 9.96. The van der Waals surface area contributed by atoms with Gasteiger partial charge >= 0.3 is 0 Å². The first-order chi connectivity index (χ1) is 13.8. The van der Waals surface area contributed by atoms with Gasteiger partial charge in [0.1, 0.15) is 0 Å². The minimum absolute atomic E-state index is 0.446. The Hall–Kier alpha value is -3.39. The molecule has 3 heterocycles. The summed E-state index contributed by atoms with van der Waals surface area (Å²) >= 11 is 1.42. The van der Waals surface area contributed by atoms with Crippen LogP contribution in [0.15, 0.2) is 66.0 Å². The highest BCUT2D eigenvalue weighted by molar-refractivity contribution is 7.98. The van der Waals surface area contributed by atoms with E-state index in [1.165, 1.54) is 11.8 Å². The fourth-order valence-corrected chi connectivity index (χ4v) is 3.50. The average molecular weight is 388 g/mol. The predicted molar refractivity (Wildman–Crippen MR) is 108 cm³/mol. The van der Waals surface area contributed by atoms with E-state index in [1.54, 1.807) is 6.20 Å². The van der Waals surface area contributed by atoms with Crippen molar-refractivity contribution in [1.82, 2.24) is 25.4 Å². The standard InChI is InChI=1S/C20H16N6OS/c1-28-20-23-19-17(25-26-20)13-9-5-6-10-15(13)22-18(27-19)14-11-21-24-16(14)12-7-3-2-4-8-12/h2-11,18,22H,1H3,(H,21,24). The Balaban J connectivity index is 1.64. The van der Waals surface area contributed by atoms with Crippen LogP contribution in [0, 0.1) is 0 Å². The Labute approximate surface area is 165 Å². The molecule has 0 saturated heterocycles. The molecule has 0 amide bonds. The summed E-state index contributed by atoms with van der Waals surface area (Å²) in [4.78, 5) is 4.55. The van der Waals surface area contributed by atoms with Gasteiger partial charge in [-0.3, -0.25) is 5.10 Å². The number of para-hydroxylation sites is 1. The van der Waals surface area contributed by atoms with Gasteiger partial charge in [-0.1, -0.05) is 60.3 Å². The number of hydrogen-bond acceptors (Lipinski definition) is 7. The Morgan fingerprint density at radius 3 is 2.68 bits per heavy atom. The highest BCUT2D eigenvalue weighted by atomic mass is 32.2. The van der Waals surface area contributed by atoms with E-state index in [-0.39, 0.29) is 0 Å². The zero-order valence-electron chi connectivity index (χ0n) is 15.0. The maximum Gasteiger partial charge on any atom is 0.247 e. The summed E-state index contributed by atoms with van der Waals surface area (Å²) in [5.41, 5.74) is 5.23. The summed E-state index contributed by atoms with van der Waals surface area (Å²) in [6.45, 7) is 0. The molecule has 2 aromatic carbocycles. The monoisotopic (exact) mass is 388 g/mol. The van der Waals surface area contributed by atoms with Crippen LogP contribution in [0.25, 0.3) is 22.5 Å². The van der Waals surface area contributed by atoms with Crippen molar-refractivity contribution < 1.29 is 4.74 Å². The second-order valence-corrected chi connectivity index (χ2v) is 6.98. The van der Waals surface area contributed by atoms with Crippen LogP contribution in [0.2, 0.25) is 0 Å². The van der Waals surface area contributed by atoms with Crippen LogP contribution < -0.4 is 10.1 Å². The van der Waals surface area contributed by atoms with Crippen molar-refractivity contribution in [2.75, 3.05) is 11.6 Å². The number of aromatic amines is 1. The third-order valence-electron chi connectivity index (χ3n) is 4.53. The van der Waals surface area contributed by atoms with Crippen molar-refractivity contribution in [2.45, 2.75) is 11.4 Å². The van der Waals surface area contributed by atoms with E-state index in [1.807, 2.05) is 60.9 Å². The minimum atomic E-state index is -0.484. The molecule has 1 aliphatic rings. The molecule has 2 aromatic heterocycles. The van der Waals surface area contributed by atoms with E-state index in [2.05, 4.69) is 30.7 Å². The van der Waals surface area contributed by atoms with Crippen molar-refractivity contribution >= 4 is 17.4 Å². The Bertz CT molecular complexity index is 1130. The molecule has 5 rings (SSSR count). The summed E-state index contributed by atoms with van der Waals surface area (Å²) in [5, 5.41) is 19.9. The molecule has 0 spiro atoms. The van der Waals surface area contributed by atoms with Crippen molar-refractivity contribution in [3.8, 4) is 28.4 Å². The van der Waals surface area contributed by atoms with Gasteiger partial charge in [-0.05, 0) is 12.3 Å². The Morgan fingerprint density at radius 1 is 1.00 bits per heavy atom. The number of rotatable bonds is 3. The number of nitrogens with one attached hydrogen (secondary N) is 2. The maximum absolute atomic E-state index is 6.29. The number of anilines is 1. The lowest BCUT2D eigenvalue weighted by Crippen LogP contribution is -2.17. The lowest BCUT2D eigenvalue weighted by Gasteiger charge is -2.19. The number of H-pyrrole nitrogens is 1. The third kappa shape index (κ3) is 2.87. The number of benzene rings is 2. The van der Waals surface area contributed by atoms with Gasteiger partial charge in [0.25, 0.3) is 0 Å². The molecule has 0 bridgehead atoms. The zero-order chi connectivity index (χ0) is 18.9. The van der Waals surface area contributed by atoms with Crippen LogP contribution in [0.1, 0.15) is 11.8 Å². The molecule has 0 aliphatic carbocycles. The fourth-order valence-electron chi connectivity index (χ4n) is 3.20. The topological polar surface area (TPSA) is 88.6 Å². The summed E-state index contributed by atoms with van der Waals surface area (Å²) in [6, 6.07) is 17.9. The maximum atomic E-state index is 6.29. The molecule has 0 radical (unpaired) electrons. The molecule has 1 unspecified atom stereocenters. The second kappa shape index (κ2) is 6.97. The van der Waals surface area contributed by atoms with Crippen LogP contribution >= 0.6 is 11.8 Å². The van der Waals surface area contributed by atoms with Crippen molar-refractivity contribution in [3.05, 3.63) is 66.4 Å². The van der Waals surface area contributed by atoms with Gasteiger partial charge in [0.15, 0.2) is 5.69 Å². The van der Waals surface area contributed by atoms with Gasteiger partial charge in [-0.25, -0.2) is 0 Å². The van der Waals surface area contributed by atoms with Crippen LogP contribution in [-0.4, -0.2) is 31.6 Å². The number of ether oxygens (including phenoxy) is 1. The first-order valence-electron chi connectivity index (χ1n) is 8.73. The van der Waals surface area contributed by atoms with Gasteiger partial charge < -0.3 is 10.1 Å². The molecule has 1 atom stereocenters. The van der Waals surface area contributed by atoms with E-state index >= 15 is 0 Å². The van der Waals surface area contributed by atoms with Gasteiger partial charge in [0, 0.05) is 16.8 Å². The lowest BCUT2D eigenvalue weighted by atomic mass is 10.1. The number of aromatic nitrogens is 5. The summed E-state index contributed by atoms with van der Waals surface area (Å²) in [6.07, 6.45) is 3.20. The zero-order valence-corrected chi connectivity index (χ0v) is 15.8. The Kier molecular flexibility index (Phi) is 4.17. The fraction of sp³-hybridized carbons (Fsp3) is 0.100. The highest BCUT2D eigenvalue weighted by Gasteiger charge is 2.28. The minimum Gasteiger partial charge on any atom is -0.448 e. The molecule has 7 nitrogen and oxygen atoms in total. The SMILES string of the molecule is CSc1nnc2c(n1)OC(c1cn[nH]c1-c1ccccc1)Nc1ccccc1-2. The number of fused-ring (bicyclic) bond motifs is 3. The molecule has 1 aliphatic heterocycles. The highest BCUT2D eigenvalue weighted by Crippen LogP contribution is 2.40. The third-order valence-corrected chi connectivity index (χ3v) is 5.07. The Morgan fingerprint density at radius 2 is 1.82 bits per heavy atom. The van der Waals surface area contributed by atoms with Crippen LogP contribution in [-0.2, 0) is 0 Å². The normalized spacial score (nSPS) is 15.0. The first kappa shape index (κ1) is 16.8. The summed E-state index contributed by atoms with van der Waals surface area (Å²) in [5.74, 6) is 0.446. The average Bonchev–Trinajstić information content (AvgIpc) is 3.18. The van der Waals surface area contributed by atoms with E-state index in [4.69, 9.17) is 4.74 Å². The van der Waals surface area contributed by atoms with Crippen molar-refractivity contribution in [3.63, 3.8) is 0 Å². The van der Waals surface area contributed by atoms with Crippen molar-refractivity contribution in [2.24, 2.45) is 0 Å². The van der Waals surface area contributed by atoms with Crippen LogP contribution in [0.5, 0.6) is 5.88 Å².